The number of fused-ring (bicyclic) bond motifs is 1. The number of nitrogens with zero attached hydrogens (tertiary/aromatic N) is 5. The minimum atomic E-state index is -2.43. The van der Waals surface area contributed by atoms with E-state index in [1.807, 2.05) is 25.1 Å². The third-order valence-corrected chi connectivity index (χ3v) is 16.1. The van der Waals surface area contributed by atoms with Crippen LogP contribution in [0.1, 0.15) is 53.1 Å². The van der Waals surface area contributed by atoms with Crippen molar-refractivity contribution in [1.82, 2.24) is 19.9 Å². The Balaban J connectivity index is 1.46. The Kier molecular flexibility index (Phi) is 11.5. The molecule has 3 aliphatic rings. The molecule has 3 saturated heterocycles. The van der Waals surface area contributed by atoms with Gasteiger partial charge in [-0.15, -0.1) is 5.10 Å². The number of likely N-dealkylation sites (tertiary alicyclic amines) is 1. The molecule has 0 N–H and O–H groups in total. The Hall–Kier alpha value is -3.19. The number of amides is 2. The third kappa shape index (κ3) is 8.29. The first-order chi connectivity index (χ1) is 25.6. The number of methoxy groups -OCH3 is 1. The SMILES string of the molecule is CO[C@@H]1[C@@H](n2cc(-c3cc(F)c(F)c(F)c3)nn2)[C@H]2OC(C)(C)OC[C@H]2O[C@H]1C(=O)N(c1cc(C)cc(Br)c1)C1CN(C(C)=O)C[C@@H]1O[Si](C)(C)C(C)(C)C. The van der Waals surface area contributed by atoms with Crippen LogP contribution in [0.4, 0.5) is 18.9 Å². The Bertz CT molecular complexity index is 1900. The van der Waals surface area contributed by atoms with Crippen LogP contribution in [-0.4, -0.2) is 109 Å². The summed E-state index contributed by atoms with van der Waals surface area (Å²) in [5, 5.41) is 8.32. The average Bonchev–Trinajstić information content (AvgIpc) is 3.73. The zero-order chi connectivity index (χ0) is 40.4. The fraction of sp³-hybridized carbons (Fsp3) is 0.579. The highest BCUT2D eigenvalue weighted by Crippen LogP contribution is 2.43. The lowest BCUT2D eigenvalue weighted by atomic mass is 9.90. The molecule has 2 amide bonds. The lowest BCUT2D eigenvalue weighted by Gasteiger charge is -2.51. The van der Waals surface area contributed by atoms with Crippen LogP contribution in [0.2, 0.25) is 18.1 Å². The zero-order valence-corrected chi connectivity index (χ0v) is 35.3. The number of anilines is 1. The van der Waals surface area contributed by atoms with Crippen LogP contribution in [0.25, 0.3) is 11.3 Å². The summed E-state index contributed by atoms with van der Waals surface area (Å²) in [7, 11) is -0.985. The van der Waals surface area contributed by atoms with E-state index in [9.17, 15) is 18.0 Å². The second kappa shape index (κ2) is 15.3. The summed E-state index contributed by atoms with van der Waals surface area (Å²) in [6.07, 6.45) is -3.01. The van der Waals surface area contributed by atoms with Crippen molar-refractivity contribution in [3.63, 3.8) is 0 Å². The molecule has 0 aliphatic carbocycles. The van der Waals surface area contributed by atoms with Crippen LogP contribution >= 0.6 is 15.9 Å². The summed E-state index contributed by atoms with van der Waals surface area (Å²) in [6.45, 7) is 18.2. The second-order valence-electron chi connectivity index (χ2n) is 16.5. The molecule has 300 valence electrons. The van der Waals surface area contributed by atoms with Gasteiger partial charge in [0.2, 0.25) is 5.91 Å². The molecule has 3 fully saturated rings. The molecule has 12 nitrogen and oxygen atoms in total. The van der Waals surface area contributed by atoms with E-state index in [2.05, 4.69) is 60.1 Å². The standard InChI is InChI=1S/C38H49BrF3N5O7Si/c1-20-11-23(39)15-24(12-20)47(28-17-45(21(2)48)18-29(28)54-55(9,10)37(3,4)5)36(49)35-34(50-8)32(33-30(52-35)19-51-38(6,7)53-33)46-16-27(43-44-46)22-13-25(40)31(42)26(41)14-22/h11-16,28-30,32-35H,17-19H2,1-10H3/t28?,29-,30+,32-,33-,34+,35+/m0/s1. The molecule has 0 saturated carbocycles. The first kappa shape index (κ1) is 41.4. The number of hydrogen-bond acceptors (Lipinski definition) is 9. The predicted molar refractivity (Wildman–Crippen MR) is 203 cm³/mol. The number of carbonyl (C=O) groups excluding carboxylic acids is 2. The maximum atomic E-state index is 15.5. The molecule has 17 heteroatoms. The van der Waals surface area contributed by atoms with Gasteiger partial charge < -0.3 is 33.2 Å². The molecule has 0 radical (unpaired) electrons. The van der Waals surface area contributed by atoms with Gasteiger partial charge in [-0.3, -0.25) is 9.59 Å². The molecule has 1 aromatic heterocycles. The van der Waals surface area contributed by atoms with Gasteiger partial charge in [0.1, 0.15) is 30.0 Å². The largest absolute Gasteiger partial charge is 0.410 e. The van der Waals surface area contributed by atoms with E-state index in [1.54, 1.807) is 23.6 Å². The Morgan fingerprint density at radius 1 is 1.07 bits per heavy atom. The molecule has 1 unspecified atom stereocenters. The van der Waals surface area contributed by atoms with Crippen molar-refractivity contribution < 1.29 is 46.1 Å². The number of hydrogen-bond donors (Lipinski definition) is 0. The van der Waals surface area contributed by atoms with E-state index in [-0.39, 0.29) is 35.4 Å². The van der Waals surface area contributed by atoms with Crippen molar-refractivity contribution in [3.8, 4) is 11.3 Å². The van der Waals surface area contributed by atoms with Gasteiger partial charge in [0, 0.05) is 42.8 Å². The fourth-order valence-corrected chi connectivity index (χ4v) is 9.22. The maximum Gasteiger partial charge on any atom is 0.259 e. The van der Waals surface area contributed by atoms with Crippen molar-refractivity contribution in [1.29, 1.82) is 0 Å². The number of benzene rings is 2. The molecular formula is C38H49BrF3N5O7Si. The number of aromatic nitrogens is 3. The molecule has 4 heterocycles. The molecule has 7 atom stereocenters. The molecule has 3 aromatic rings. The van der Waals surface area contributed by atoms with Crippen LogP contribution in [-0.2, 0) is 33.0 Å². The number of rotatable bonds is 8. The Morgan fingerprint density at radius 3 is 2.35 bits per heavy atom. The quantitative estimate of drug-likeness (QED) is 0.184. The van der Waals surface area contributed by atoms with Gasteiger partial charge in [-0.05, 0) is 74.8 Å². The second-order valence-corrected chi connectivity index (χ2v) is 22.2. The van der Waals surface area contributed by atoms with E-state index in [0.29, 0.717) is 12.2 Å². The van der Waals surface area contributed by atoms with Gasteiger partial charge in [0.15, 0.2) is 37.7 Å². The summed E-state index contributed by atoms with van der Waals surface area (Å²) in [4.78, 5) is 31.8. The van der Waals surface area contributed by atoms with Gasteiger partial charge in [-0.2, -0.15) is 0 Å². The molecule has 55 heavy (non-hydrogen) atoms. The number of halogens is 4. The minimum absolute atomic E-state index is 0.0405. The molecule has 0 bridgehead atoms. The molecule has 3 aliphatic heterocycles. The summed E-state index contributed by atoms with van der Waals surface area (Å²) < 4.78 is 76.8. The number of ether oxygens (including phenoxy) is 4. The van der Waals surface area contributed by atoms with Gasteiger partial charge in [-0.1, -0.05) is 41.9 Å². The first-order valence-corrected chi connectivity index (χ1v) is 21.9. The zero-order valence-electron chi connectivity index (χ0n) is 32.7. The number of aryl methyl sites for hydroxylation is 1. The third-order valence-electron chi connectivity index (χ3n) is 11.1. The van der Waals surface area contributed by atoms with Crippen molar-refractivity contribution in [2.45, 2.75) is 115 Å². The van der Waals surface area contributed by atoms with Crippen LogP contribution < -0.4 is 4.90 Å². The van der Waals surface area contributed by atoms with Crippen molar-refractivity contribution in [2.24, 2.45) is 0 Å². The lowest BCUT2D eigenvalue weighted by molar-refractivity contribution is -0.346. The summed E-state index contributed by atoms with van der Waals surface area (Å²) in [6, 6.07) is 5.85. The predicted octanol–water partition coefficient (Wildman–Crippen LogP) is 6.56. The monoisotopic (exact) mass is 851 g/mol. The molecular weight excluding hydrogens is 803 g/mol. The van der Waals surface area contributed by atoms with E-state index in [1.165, 1.54) is 24.9 Å². The smallest absolute Gasteiger partial charge is 0.259 e. The first-order valence-electron chi connectivity index (χ1n) is 18.2. The highest BCUT2D eigenvalue weighted by atomic mass is 79.9. The molecule has 6 rings (SSSR count). The van der Waals surface area contributed by atoms with E-state index < -0.39 is 80.1 Å². The van der Waals surface area contributed by atoms with Gasteiger partial charge in [0.25, 0.3) is 5.91 Å². The van der Waals surface area contributed by atoms with Gasteiger partial charge >= 0.3 is 0 Å². The van der Waals surface area contributed by atoms with Crippen LogP contribution in [0, 0.1) is 24.4 Å². The van der Waals surface area contributed by atoms with Crippen LogP contribution in [0.3, 0.4) is 0 Å². The van der Waals surface area contributed by atoms with Crippen molar-refractivity contribution in [3.05, 3.63) is 64.0 Å². The highest BCUT2D eigenvalue weighted by Gasteiger charge is 2.57. The van der Waals surface area contributed by atoms with Crippen molar-refractivity contribution >= 4 is 41.7 Å². The van der Waals surface area contributed by atoms with E-state index in [0.717, 1.165) is 22.2 Å². The summed E-state index contributed by atoms with van der Waals surface area (Å²) in [5.41, 5.74) is 1.46. The maximum absolute atomic E-state index is 15.5. The fourth-order valence-electron chi connectivity index (χ4n) is 7.28. The van der Waals surface area contributed by atoms with E-state index in [4.69, 9.17) is 23.4 Å². The average molecular weight is 853 g/mol. The number of carbonyl (C=O) groups is 2. The van der Waals surface area contributed by atoms with Crippen LogP contribution in [0.15, 0.2) is 41.0 Å². The lowest BCUT2D eigenvalue weighted by Crippen LogP contribution is -2.66. The summed E-state index contributed by atoms with van der Waals surface area (Å²) in [5.74, 6) is -6.01. The topological polar surface area (TPSA) is 117 Å². The Labute approximate surface area is 328 Å². The summed E-state index contributed by atoms with van der Waals surface area (Å²) >= 11 is 3.61. The van der Waals surface area contributed by atoms with Gasteiger partial charge in [0.05, 0.1) is 24.9 Å². The van der Waals surface area contributed by atoms with Crippen molar-refractivity contribution in [2.75, 3.05) is 31.7 Å². The highest BCUT2D eigenvalue weighted by molar-refractivity contribution is 9.10. The van der Waals surface area contributed by atoms with Gasteiger partial charge in [-0.25, -0.2) is 17.9 Å². The van der Waals surface area contributed by atoms with Crippen LogP contribution in [0.5, 0.6) is 0 Å². The minimum Gasteiger partial charge on any atom is -0.410 e. The molecule has 0 spiro atoms. The van der Waals surface area contributed by atoms with E-state index >= 15 is 4.79 Å². The Morgan fingerprint density at radius 2 is 1.75 bits per heavy atom. The normalized spacial score (nSPS) is 26.9. The molecule has 2 aromatic carbocycles.